The Labute approximate surface area is 144 Å². The van der Waals surface area contributed by atoms with E-state index in [1.54, 1.807) is 41.8 Å². The van der Waals surface area contributed by atoms with Crippen LogP contribution >= 0.6 is 35.0 Å². The minimum atomic E-state index is -0.0745. The number of carbonyl (C=O) groups is 1. The van der Waals surface area contributed by atoms with Crippen LogP contribution in [0.3, 0.4) is 0 Å². The smallest absolute Gasteiger partial charge is 0.225 e. The lowest BCUT2D eigenvalue weighted by Gasteiger charge is -2.33. The molecular weight excluding hydrogens is 341 g/mol. The first-order chi connectivity index (χ1) is 10.5. The Morgan fingerprint density at radius 2 is 1.95 bits per heavy atom. The van der Waals surface area contributed by atoms with Crippen molar-refractivity contribution in [2.24, 2.45) is 4.99 Å². The number of nitrogens with zero attached hydrogens (tertiary/aromatic N) is 3. The normalized spacial score (nSPS) is 23.2. The van der Waals surface area contributed by atoms with Crippen LogP contribution in [-0.4, -0.2) is 41.0 Å². The second-order valence-corrected chi connectivity index (χ2v) is 7.42. The lowest BCUT2D eigenvalue weighted by Crippen LogP contribution is -2.48. The molecule has 1 saturated heterocycles. The van der Waals surface area contributed by atoms with E-state index in [0.29, 0.717) is 16.1 Å². The molecule has 7 heteroatoms. The number of anilines is 1. The Kier molecular flexibility index (Phi) is 4.57. The van der Waals surface area contributed by atoms with E-state index in [4.69, 9.17) is 28.2 Å². The Morgan fingerprint density at radius 3 is 2.50 bits per heavy atom. The third-order valence-electron chi connectivity index (χ3n) is 3.71. The standard InChI is InChI=1S/C15H17Cl2N3OS/c1-9(21)20(13-6-10(16)5-11(17)7-13)14-8-22-15(19(14)2)18-12-3-4-12/h5-7,12,14H,3-4,8H2,1-2H3. The van der Waals surface area contributed by atoms with Crippen molar-refractivity contribution in [3.63, 3.8) is 0 Å². The first-order valence-corrected chi connectivity index (χ1v) is 8.89. The van der Waals surface area contributed by atoms with Crippen molar-refractivity contribution in [2.45, 2.75) is 32.0 Å². The summed E-state index contributed by atoms with van der Waals surface area (Å²) in [5, 5.41) is 2.05. The second-order valence-electron chi connectivity index (χ2n) is 5.56. The van der Waals surface area contributed by atoms with Crippen molar-refractivity contribution < 1.29 is 4.79 Å². The average Bonchev–Trinajstić information content (AvgIpc) is 3.16. The summed E-state index contributed by atoms with van der Waals surface area (Å²) >= 11 is 13.9. The molecule has 118 valence electrons. The molecule has 1 saturated carbocycles. The SMILES string of the molecule is CC(=O)N(c1cc(Cl)cc(Cl)c1)C1CSC(=NC2CC2)N1C. The lowest BCUT2D eigenvalue weighted by molar-refractivity contribution is -0.117. The topological polar surface area (TPSA) is 35.9 Å². The Bertz CT molecular complexity index is 613. The molecule has 1 unspecified atom stereocenters. The van der Waals surface area contributed by atoms with Gasteiger partial charge in [0.05, 0.1) is 6.04 Å². The predicted molar refractivity (Wildman–Crippen MR) is 94.1 cm³/mol. The van der Waals surface area contributed by atoms with Gasteiger partial charge in [0.1, 0.15) is 6.17 Å². The van der Waals surface area contributed by atoms with Gasteiger partial charge in [-0.2, -0.15) is 0 Å². The van der Waals surface area contributed by atoms with Gasteiger partial charge >= 0.3 is 0 Å². The van der Waals surface area contributed by atoms with E-state index in [0.717, 1.165) is 16.6 Å². The number of benzene rings is 1. The van der Waals surface area contributed by atoms with Crippen molar-refractivity contribution in [3.8, 4) is 0 Å². The molecule has 22 heavy (non-hydrogen) atoms. The lowest BCUT2D eigenvalue weighted by atomic mass is 10.2. The summed E-state index contributed by atoms with van der Waals surface area (Å²) in [5.41, 5.74) is 0.718. The van der Waals surface area contributed by atoms with Crippen LogP contribution in [0.15, 0.2) is 23.2 Å². The van der Waals surface area contributed by atoms with Gasteiger partial charge in [-0.15, -0.1) is 0 Å². The van der Waals surface area contributed by atoms with Gasteiger partial charge < -0.3 is 4.90 Å². The van der Waals surface area contributed by atoms with Gasteiger partial charge in [0.2, 0.25) is 5.91 Å². The zero-order valence-corrected chi connectivity index (χ0v) is 14.8. The number of hydrogen-bond donors (Lipinski definition) is 0. The fourth-order valence-electron chi connectivity index (χ4n) is 2.47. The minimum Gasteiger partial charge on any atom is -0.333 e. The maximum Gasteiger partial charge on any atom is 0.225 e. The highest BCUT2D eigenvalue weighted by Crippen LogP contribution is 2.34. The van der Waals surface area contributed by atoms with Crippen LogP contribution in [0.1, 0.15) is 19.8 Å². The van der Waals surface area contributed by atoms with Gasteiger partial charge in [0.25, 0.3) is 0 Å². The first kappa shape index (κ1) is 16.0. The van der Waals surface area contributed by atoms with Crippen LogP contribution in [-0.2, 0) is 4.79 Å². The molecule has 4 nitrogen and oxygen atoms in total. The molecule has 0 spiro atoms. The van der Waals surface area contributed by atoms with Gasteiger partial charge in [-0.05, 0) is 31.0 Å². The van der Waals surface area contributed by atoms with E-state index < -0.39 is 0 Å². The van der Waals surface area contributed by atoms with Crippen molar-refractivity contribution >= 4 is 51.7 Å². The summed E-state index contributed by atoms with van der Waals surface area (Å²) in [4.78, 5) is 20.7. The Balaban J connectivity index is 1.89. The van der Waals surface area contributed by atoms with Crippen LogP contribution in [0.2, 0.25) is 10.0 Å². The summed E-state index contributed by atoms with van der Waals surface area (Å²) < 4.78 is 0. The van der Waals surface area contributed by atoms with Gasteiger partial charge in [-0.3, -0.25) is 14.7 Å². The molecule has 2 fully saturated rings. The zero-order valence-electron chi connectivity index (χ0n) is 12.4. The summed E-state index contributed by atoms with van der Waals surface area (Å²) in [5.74, 6) is 0.745. The number of carbonyl (C=O) groups excluding carboxylic acids is 1. The fraction of sp³-hybridized carbons (Fsp3) is 0.467. The molecule has 3 rings (SSSR count). The quantitative estimate of drug-likeness (QED) is 0.823. The van der Waals surface area contributed by atoms with E-state index in [-0.39, 0.29) is 12.1 Å². The van der Waals surface area contributed by atoms with Crippen molar-refractivity contribution in [1.29, 1.82) is 0 Å². The third kappa shape index (κ3) is 3.36. The first-order valence-electron chi connectivity index (χ1n) is 7.15. The highest BCUT2D eigenvalue weighted by atomic mass is 35.5. The molecule has 1 heterocycles. The highest BCUT2D eigenvalue weighted by Gasteiger charge is 2.36. The minimum absolute atomic E-state index is 0.0385. The van der Waals surface area contributed by atoms with E-state index in [9.17, 15) is 4.79 Å². The molecule has 1 atom stereocenters. The van der Waals surface area contributed by atoms with Gasteiger partial charge in [0, 0.05) is 35.5 Å². The molecule has 2 aliphatic rings. The van der Waals surface area contributed by atoms with E-state index in [2.05, 4.69) is 4.90 Å². The number of thioether (sulfide) groups is 1. The van der Waals surface area contributed by atoms with E-state index in [1.807, 2.05) is 7.05 Å². The van der Waals surface area contributed by atoms with Crippen molar-refractivity contribution in [2.75, 3.05) is 17.7 Å². The zero-order chi connectivity index (χ0) is 15.9. The molecule has 1 aliphatic carbocycles. The molecule has 1 aromatic rings. The monoisotopic (exact) mass is 357 g/mol. The van der Waals surface area contributed by atoms with Crippen molar-refractivity contribution in [3.05, 3.63) is 28.2 Å². The van der Waals surface area contributed by atoms with Gasteiger partial charge in [-0.25, -0.2) is 0 Å². The maximum absolute atomic E-state index is 12.2. The van der Waals surface area contributed by atoms with E-state index >= 15 is 0 Å². The van der Waals surface area contributed by atoms with Crippen LogP contribution in [0, 0.1) is 0 Å². The molecule has 0 radical (unpaired) electrons. The van der Waals surface area contributed by atoms with Crippen LogP contribution in [0.4, 0.5) is 5.69 Å². The number of hydrogen-bond acceptors (Lipinski definition) is 3. The number of aliphatic imine (C=N–C) groups is 1. The van der Waals surface area contributed by atoms with Gasteiger partial charge in [-0.1, -0.05) is 35.0 Å². The molecule has 1 aliphatic heterocycles. The number of rotatable bonds is 3. The molecule has 0 N–H and O–H groups in total. The molecule has 0 bridgehead atoms. The van der Waals surface area contributed by atoms with Crippen LogP contribution in [0.5, 0.6) is 0 Å². The van der Waals surface area contributed by atoms with Crippen molar-refractivity contribution in [1.82, 2.24) is 4.90 Å². The Morgan fingerprint density at radius 1 is 1.32 bits per heavy atom. The third-order valence-corrected chi connectivity index (χ3v) is 5.27. The molecule has 1 aromatic carbocycles. The summed E-state index contributed by atoms with van der Waals surface area (Å²) in [7, 11) is 1.98. The summed E-state index contributed by atoms with van der Waals surface area (Å²) in [6, 6.07) is 5.67. The van der Waals surface area contributed by atoms with Crippen LogP contribution in [0.25, 0.3) is 0 Å². The molecular formula is C15H17Cl2N3OS. The highest BCUT2D eigenvalue weighted by molar-refractivity contribution is 8.14. The fourth-order valence-corrected chi connectivity index (χ4v) is 4.20. The second kappa shape index (κ2) is 6.30. The predicted octanol–water partition coefficient (Wildman–Crippen LogP) is 3.87. The Hall–Kier alpha value is -0.910. The number of halogens is 2. The largest absolute Gasteiger partial charge is 0.333 e. The molecule has 1 amide bonds. The average molecular weight is 358 g/mol. The summed E-state index contributed by atoms with van der Waals surface area (Å²) in [6.07, 6.45) is 2.26. The van der Waals surface area contributed by atoms with Crippen LogP contribution < -0.4 is 4.90 Å². The van der Waals surface area contributed by atoms with Gasteiger partial charge in [0.15, 0.2) is 5.17 Å². The number of amidine groups is 1. The summed E-state index contributed by atoms with van der Waals surface area (Å²) in [6.45, 7) is 1.56. The number of amides is 1. The maximum atomic E-state index is 12.2. The van der Waals surface area contributed by atoms with E-state index in [1.165, 1.54) is 12.8 Å². The molecule has 0 aromatic heterocycles.